The van der Waals surface area contributed by atoms with Gasteiger partial charge in [-0.25, -0.2) is 4.79 Å². The summed E-state index contributed by atoms with van der Waals surface area (Å²) in [5.41, 5.74) is 0.399. The molecule has 0 radical (unpaired) electrons. The number of rotatable bonds is 9. The van der Waals surface area contributed by atoms with Crippen LogP contribution in [-0.4, -0.2) is 25.2 Å². The zero-order valence-electron chi connectivity index (χ0n) is 10.8. The average molecular weight is 242 g/mol. The molecule has 0 amide bonds. The molecular weight excluding hydrogens is 220 g/mol. The highest BCUT2D eigenvalue weighted by Gasteiger charge is 2.03. The monoisotopic (exact) mass is 242 g/mol. The molecule has 0 fully saturated rings. The molecule has 0 aliphatic rings. The van der Waals surface area contributed by atoms with E-state index in [1.165, 1.54) is 0 Å². The third-order valence-electron chi connectivity index (χ3n) is 2.12. The molecule has 4 nitrogen and oxygen atoms in total. The number of unbranched alkanes of at least 4 members (excludes halogenated alkanes) is 2. The van der Waals surface area contributed by atoms with Gasteiger partial charge in [-0.05, 0) is 26.2 Å². The molecule has 0 saturated heterocycles. The predicted octanol–water partition coefficient (Wildman–Crippen LogP) is 2.62. The lowest BCUT2D eigenvalue weighted by Crippen LogP contribution is -2.09. The van der Waals surface area contributed by atoms with Crippen molar-refractivity contribution in [3.05, 3.63) is 12.2 Å². The first-order chi connectivity index (χ1) is 8.07. The minimum absolute atomic E-state index is 0.147. The van der Waals surface area contributed by atoms with Crippen molar-refractivity contribution in [1.29, 1.82) is 0 Å². The highest BCUT2D eigenvalue weighted by Crippen LogP contribution is 1.99. The molecule has 0 saturated carbocycles. The van der Waals surface area contributed by atoms with Gasteiger partial charge in [0.2, 0.25) is 0 Å². The maximum atomic E-state index is 11.1. The smallest absolute Gasteiger partial charge is 0.333 e. The molecule has 17 heavy (non-hydrogen) atoms. The summed E-state index contributed by atoms with van der Waals surface area (Å²) in [5, 5.41) is 0. The van der Waals surface area contributed by atoms with Crippen LogP contribution >= 0.6 is 0 Å². The van der Waals surface area contributed by atoms with E-state index in [0.717, 1.165) is 12.8 Å². The van der Waals surface area contributed by atoms with Crippen molar-refractivity contribution in [2.75, 3.05) is 13.2 Å². The van der Waals surface area contributed by atoms with E-state index in [1.54, 1.807) is 6.92 Å². The van der Waals surface area contributed by atoms with Crippen molar-refractivity contribution in [3.63, 3.8) is 0 Å². The number of carbonyl (C=O) groups excluding carboxylic acids is 2. The van der Waals surface area contributed by atoms with Crippen LogP contribution in [0.25, 0.3) is 0 Å². The van der Waals surface area contributed by atoms with Gasteiger partial charge in [0.15, 0.2) is 0 Å². The second-order valence-electron chi connectivity index (χ2n) is 3.95. The summed E-state index contributed by atoms with van der Waals surface area (Å²) in [7, 11) is 0. The molecule has 0 bridgehead atoms. The molecule has 0 spiro atoms. The quantitative estimate of drug-likeness (QED) is 0.354. The summed E-state index contributed by atoms with van der Waals surface area (Å²) in [6, 6.07) is 0. The SMILES string of the molecule is C=C(C)C(=O)OCCCCOC(=O)CCCC. The second kappa shape index (κ2) is 9.87. The molecule has 0 N–H and O–H groups in total. The van der Waals surface area contributed by atoms with E-state index in [2.05, 4.69) is 6.58 Å². The van der Waals surface area contributed by atoms with E-state index < -0.39 is 0 Å². The first kappa shape index (κ1) is 15.7. The van der Waals surface area contributed by atoms with Gasteiger partial charge in [-0.3, -0.25) is 4.79 Å². The fraction of sp³-hybridized carbons (Fsp3) is 0.692. The second-order valence-corrected chi connectivity index (χ2v) is 3.95. The first-order valence-corrected chi connectivity index (χ1v) is 6.06. The molecule has 0 aliphatic carbocycles. The van der Waals surface area contributed by atoms with E-state index in [-0.39, 0.29) is 11.9 Å². The minimum atomic E-state index is -0.370. The van der Waals surface area contributed by atoms with Crippen LogP contribution in [0.2, 0.25) is 0 Å². The van der Waals surface area contributed by atoms with E-state index in [4.69, 9.17) is 9.47 Å². The molecule has 0 unspecified atom stereocenters. The zero-order valence-corrected chi connectivity index (χ0v) is 10.8. The third-order valence-corrected chi connectivity index (χ3v) is 2.12. The van der Waals surface area contributed by atoms with Gasteiger partial charge in [0.05, 0.1) is 13.2 Å². The van der Waals surface area contributed by atoms with Gasteiger partial charge in [-0.2, -0.15) is 0 Å². The van der Waals surface area contributed by atoms with Crippen LogP contribution in [0.3, 0.4) is 0 Å². The van der Waals surface area contributed by atoms with Gasteiger partial charge in [0, 0.05) is 12.0 Å². The number of esters is 2. The summed E-state index contributed by atoms with van der Waals surface area (Å²) >= 11 is 0. The van der Waals surface area contributed by atoms with Crippen molar-refractivity contribution in [2.45, 2.75) is 46.0 Å². The van der Waals surface area contributed by atoms with E-state index in [0.29, 0.717) is 38.0 Å². The van der Waals surface area contributed by atoms with E-state index in [9.17, 15) is 9.59 Å². The van der Waals surface area contributed by atoms with Crippen LogP contribution in [0, 0.1) is 0 Å². The van der Waals surface area contributed by atoms with Crippen molar-refractivity contribution in [3.8, 4) is 0 Å². The van der Waals surface area contributed by atoms with Gasteiger partial charge in [0.25, 0.3) is 0 Å². The largest absolute Gasteiger partial charge is 0.466 e. The summed E-state index contributed by atoms with van der Waals surface area (Å²) in [6.45, 7) is 7.86. The number of hydrogen-bond acceptors (Lipinski definition) is 4. The summed E-state index contributed by atoms with van der Waals surface area (Å²) in [6.07, 6.45) is 3.75. The Kier molecular flexibility index (Phi) is 9.11. The Bertz CT molecular complexity index is 258. The first-order valence-electron chi connectivity index (χ1n) is 6.06. The maximum absolute atomic E-state index is 11.1. The van der Waals surface area contributed by atoms with E-state index in [1.807, 2.05) is 6.92 Å². The Balaban J connectivity index is 3.32. The highest BCUT2D eigenvalue weighted by atomic mass is 16.5. The molecular formula is C13H22O4. The van der Waals surface area contributed by atoms with Gasteiger partial charge < -0.3 is 9.47 Å². The topological polar surface area (TPSA) is 52.6 Å². The highest BCUT2D eigenvalue weighted by molar-refractivity contribution is 5.86. The summed E-state index contributed by atoms with van der Waals surface area (Å²) < 4.78 is 9.90. The van der Waals surface area contributed by atoms with Crippen LogP contribution in [-0.2, 0) is 19.1 Å². The fourth-order valence-electron chi connectivity index (χ4n) is 1.07. The molecule has 0 aromatic carbocycles. The molecule has 0 aromatic rings. The zero-order chi connectivity index (χ0) is 13.1. The minimum Gasteiger partial charge on any atom is -0.466 e. The number of hydrogen-bond donors (Lipinski definition) is 0. The summed E-state index contributed by atoms with van der Waals surface area (Å²) in [4.78, 5) is 22.1. The maximum Gasteiger partial charge on any atom is 0.333 e. The van der Waals surface area contributed by atoms with Crippen LogP contribution < -0.4 is 0 Å². The standard InChI is InChI=1S/C13H22O4/c1-4-5-8-12(14)16-9-6-7-10-17-13(15)11(2)3/h2,4-10H2,1,3H3. The normalized spacial score (nSPS) is 9.76. The molecule has 0 heterocycles. The molecule has 0 aliphatic heterocycles. The van der Waals surface area contributed by atoms with Gasteiger partial charge in [-0.15, -0.1) is 0 Å². The van der Waals surface area contributed by atoms with Crippen LogP contribution in [0.4, 0.5) is 0 Å². The van der Waals surface area contributed by atoms with Gasteiger partial charge in [0.1, 0.15) is 0 Å². The Morgan fingerprint density at radius 2 is 1.65 bits per heavy atom. The van der Waals surface area contributed by atoms with E-state index >= 15 is 0 Å². The van der Waals surface area contributed by atoms with Gasteiger partial charge in [-0.1, -0.05) is 19.9 Å². The lowest BCUT2D eigenvalue weighted by Gasteiger charge is -2.05. The van der Waals surface area contributed by atoms with Crippen LogP contribution in [0.15, 0.2) is 12.2 Å². The fourth-order valence-corrected chi connectivity index (χ4v) is 1.07. The lowest BCUT2D eigenvalue weighted by atomic mass is 10.2. The average Bonchev–Trinajstić information content (AvgIpc) is 2.30. The predicted molar refractivity (Wildman–Crippen MR) is 65.5 cm³/mol. The molecule has 4 heteroatoms. The van der Waals surface area contributed by atoms with Crippen LogP contribution in [0.1, 0.15) is 46.0 Å². The summed E-state index contributed by atoms with van der Waals surface area (Å²) in [5.74, 6) is -0.518. The Hall–Kier alpha value is -1.32. The van der Waals surface area contributed by atoms with Crippen LogP contribution in [0.5, 0.6) is 0 Å². The molecule has 98 valence electrons. The number of ether oxygens (including phenoxy) is 2. The van der Waals surface area contributed by atoms with Crippen molar-refractivity contribution in [2.24, 2.45) is 0 Å². The Morgan fingerprint density at radius 1 is 1.06 bits per heavy atom. The molecule has 0 aromatic heterocycles. The van der Waals surface area contributed by atoms with Crippen molar-refractivity contribution in [1.82, 2.24) is 0 Å². The Labute approximate surface area is 103 Å². The van der Waals surface area contributed by atoms with Crippen molar-refractivity contribution < 1.29 is 19.1 Å². The molecule has 0 rings (SSSR count). The molecule has 0 atom stereocenters. The third kappa shape index (κ3) is 9.60. The number of carbonyl (C=O) groups is 2. The van der Waals surface area contributed by atoms with Gasteiger partial charge >= 0.3 is 11.9 Å². The Morgan fingerprint density at radius 3 is 2.18 bits per heavy atom. The lowest BCUT2D eigenvalue weighted by molar-refractivity contribution is -0.144. The van der Waals surface area contributed by atoms with Crippen molar-refractivity contribution >= 4 is 11.9 Å².